The molecule has 0 radical (unpaired) electrons. The molecule has 1 N–H and O–H groups in total. The van der Waals surface area contributed by atoms with Gasteiger partial charge in [-0.3, -0.25) is 9.59 Å². The molecule has 4 heterocycles. The Morgan fingerprint density at radius 2 is 1.30 bits per heavy atom. The molecule has 4 bridgehead atoms. The molecule has 8 heteroatoms. The molecule has 8 aliphatic rings. The summed E-state index contributed by atoms with van der Waals surface area (Å²) in [5, 5.41) is 10.2. The molecule has 222 valence electrons. The second kappa shape index (κ2) is 8.51. The molecule has 8 nitrogen and oxygen atoms in total. The van der Waals surface area contributed by atoms with Crippen LogP contribution in [0.25, 0.3) is 0 Å². The van der Waals surface area contributed by atoms with Crippen LogP contribution in [0.4, 0.5) is 0 Å². The normalized spacial score (nSPS) is 38.4. The molecular formula is C35H36N2O6. The predicted octanol–water partition coefficient (Wildman–Crippen LogP) is 3.12. The molecule has 4 aliphatic heterocycles. The molecule has 0 aromatic heterocycles. The van der Waals surface area contributed by atoms with E-state index in [-0.39, 0.29) is 34.2 Å². The summed E-state index contributed by atoms with van der Waals surface area (Å²) >= 11 is 0. The van der Waals surface area contributed by atoms with Gasteiger partial charge in [-0.05, 0) is 88.3 Å². The SMILES string of the molecule is CN1CC[C@]23c4c5ccc(O)c4O[C@H]2C(=O)C=C[C@H]3[C@H]1C5.COc1ccc2c3c1O[C@H]1C(=O)C=C[C@H]4[C@@H](C2)N(C)CC[C@]314. The van der Waals surface area contributed by atoms with Crippen LogP contribution in [0.5, 0.6) is 23.0 Å². The van der Waals surface area contributed by atoms with E-state index in [2.05, 4.69) is 42.1 Å². The lowest BCUT2D eigenvalue weighted by molar-refractivity contribution is -0.128. The van der Waals surface area contributed by atoms with Gasteiger partial charge in [0, 0.05) is 35.0 Å². The highest BCUT2D eigenvalue weighted by atomic mass is 16.5. The monoisotopic (exact) mass is 580 g/mol. The highest BCUT2D eigenvalue weighted by molar-refractivity contribution is 5.99. The first kappa shape index (κ1) is 25.8. The van der Waals surface area contributed by atoms with E-state index in [1.165, 1.54) is 16.7 Å². The number of carbonyl (C=O) groups is 2. The molecule has 0 unspecified atom stereocenters. The van der Waals surface area contributed by atoms with Crippen molar-refractivity contribution in [3.05, 3.63) is 70.8 Å². The van der Waals surface area contributed by atoms with Gasteiger partial charge in [-0.25, -0.2) is 0 Å². The zero-order valence-electron chi connectivity index (χ0n) is 24.7. The van der Waals surface area contributed by atoms with Crippen molar-refractivity contribution in [2.24, 2.45) is 11.8 Å². The third kappa shape index (κ3) is 2.99. The van der Waals surface area contributed by atoms with Gasteiger partial charge < -0.3 is 29.1 Å². The molecule has 4 aliphatic carbocycles. The molecule has 43 heavy (non-hydrogen) atoms. The van der Waals surface area contributed by atoms with Crippen molar-refractivity contribution >= 4 is 11.6 Å². The smallest absolute Gasteiger partial charge is 0.196 e. The molecule has 0 saturated carbocycles. The van der Waals surface area contributed by atoms with E-state index < -0.39 is 6.10 Å². The van der Waals surface area contributed by atoms with E-state index in [9.17, 15) is 14.7 Å². The van der Waals surface area contributed by atoms with Gasteiger partial charge in [-0.1, -0.05) is 24.3 Å². The fourth-order valence-electron chi connectivity index (χ4n) is 10.3. The average Bonchev–Trinajstić information content (AvgIpc) is 3.55. The number of piperidine rings is 2. The lowest BCUT2D eigenvalue weighted by atomic mass is 9.53. The van der Waals surface area contributed by atoms with Crippen LogP contribution in [0, 0.1) is 11.8 Å². The summed E-state index contributed by atoms with van der Waals surface area (Å²) < 4.78 is 17.7. The second-order valence-corrected chi connectivity index (χ2v) is 13.7. The Morgan fingerprint density at radius 3 is 1.86 bits per heavy atom. The fourth-order valence-corrected chi connectivity index (χ4v) is 10.3. The third-order valence-electron chi connectivity index (χ3n) is 12.2. The zero-order valence-corrected chi connectivity index (χ0v) is 24.7. The number of ether oxygens (including phenoxy) is 3. The molecule has 2 saturated heterocycles. The number of likely N-dealkylation sites (tertiary alicyclic amines) is 2. The molecule has 10 rings (SSSR count). The molecule has 2 aromatic carbocycles. The van der Waals surface area contributed by atoms with Crippen LogP contribution < -0.4 is 14.2 Å². The van der Waals surface area contributed by atoms with Gasteiger partial charge in [0.1, 0.15) is 0 Å². The minimum Gasteiger partial charge on any atom is -0.504 e. The van der Waals surface area contributed by atoms with Gasteiger partial charge in [0.2, 0.25) is 0 Å². The number of phenolic OH excluding ortho intramolecular Hbond substituents is 1. The lowest BCUT2D eigenvalue weighted by Crippen LogP contribution is -2.64. The Kier molecular flexibility index (Phi) is 5.11. The summed E-state index contributed by atoms with van der Waals surface area (Å²) in [6, 6.07) is 8.73. The maximum Gasteiger partial charge on any atom is 0.196 e. The van der Waals surface area contributed by atoms with Crippen molar-refractivity contribution in [1.29, 1.82) is 0 Å². The van der Waals surface area contributed by atoms with E-state index in [4.69, 9.17) is 14.2 Å². The van der Waals surface area contributed by atoms with Gasteiger partial charge in [-0.15, -0.1) is 0 Å². The van der Waals surface area contributed by atoms with Crippen molar-refractivity contribution in [1.82, 2.24) is 9.80 Å². The molecular weight excluding hydrogens is 544 g/mol. The number of phenols is 1. The van der Waals surface area contributed by atoms with Gasteiger partial charge in [-0.2, -0.15) is 0 Å². The fraction of sp³-hybridized carbons (Fsp3) is 0.486. The molecule has 2 spiro atoms. The van der Waals surface area contributed by atoms with Crippen molar-refractivity contribution in [2.75, 3.05) is 34.3 Å². The first-order valence-electron chi connectivity index (χ1n) is 15.5. The van der Waals surface area contributed by atoms with E-state index in [1.807, 2.05) is 12.1 Å². The number of likely N-dealkylation sites (N-methyl/N-ethyl adjacent to an activating group) is 2. The Hall–Kier alpha value is -3.62. The minimum atomic E-state index is -0.453. The number of benzene rings is 2. The van der Waals surface area contributed by atoms with E-state index in [0.717, 1.165) is 55.8 Å². The van der Waals surface area contributed by atoms with Crippen molar-refractivity contribution in [3.8, 4) is 23.0 Å². The highest BCUT2D eigenvalue weighted by Crippen LogP contribution is 2.63. The lowest BCUT2D eigenvalue weighted by Gasteiger charge is -2.55. The summed E-state index contributed by atoms with van der Waals surface area (Å²) in [6.45, 7) is 1.98. The van der Waals surface area contributed by atoms with Crippen molar-refractivity contribution in [3.63, 3.8) is 0 Å². The Bertz CT molecular complexity index is 1680. The summed E-state index contributed by atoms with van der Waals surface area (Å²) in [5.74, 6) is 3.10. The minimum absolute atomic E-state index is 0.0398. The first-order valence-corrected chi connectivity index (χ1v) is 15.5. The molecule has 0 amide bonds. The number of hydrogen-bond donors (Lipinski definition) is 1. The quantitative estimate of drug-likeness (QED) is 0.551. The van der Waals surface area contributed by atoms with Crippen LogP contribution in [0.3, 0.4) is 0 Å². The number of nitrogens with zero attached hydrogens (tertiary/aromatic N) is 2. The number of rotatable bonds is 1. The second-order valence-electron chi connectivity index (χ2n) is 13.7. The van der Waals surface area contributed by atoms with Crippen LogP contribution in [-0.2, 0) is 33.3 Å². The number of methoxy groups -OCH3 is 1. The maximum absolute atomic E-state index is 12.5. The largest absolute Gasteiger partial charge is 0.504 e. The Morgan fingerprint density at radius 1 is 0.791 bits per heavy atom. The third-order valence-corrected chi connectivity index (χ3v) is 12.2. The van der Waals surface area contributed by atoms with Gasteiger partial charge >= 0.3 is 0 Å². The zero-order chi connectivity index (χ0) is 29.4. The van der Waals surface area contributed by atoms with E-state index in [1.54, 1.807) is 25.3 Å². The molecule has 2 fully saturated rings. The highest BCUT2D eigenvalue weighted by Gasteiger charge is 2.65. The summed E-state index contributed by atoms with van der Waals surface area (Å²) in [4.78, 5) is 29.8. The first-order chi connectivity index (χ1) is 20.8. The predicted molar refractivity (Wildman–Crippen MR) is 158 cm³/mol. The molecule has 2 aromatic rings. The topological polar surface area (TPSA) is 88.5 Å². The number of carbonyl (C=O) groups excluding carboxylic acids is 2. The standard InChI is InChI=1S/C18H19NO3.C17H17NO3/c1-19-8-7-18-11-4-5-13(20)17(18)22-16-14(21-2)6-3-10(15(16)18)9-12(11)19;1-18-7-6-17-10-3-5-13(20)16(17)21-15-12(19)4-2-9(14(15)17)8-11(10)18/h3-6,11-12,17H,7-9H2,1-2H3;2-5,10-11,16,19H,6-8H2,1H3/t11-,12+,17-,18-;10-,11+,16-,17-/m00/s1. The number of ketones is 2. The maximum atomic E-state index is 12.5. The van der Waals surface area contributed by atoms with Gasteiger partial charge in [0.25, 0.3) is 0 Å². The number of aromatic hydroxyl groups is 1. The Balaban J connectivity index is 0.000000121. The van der Waals surface area contributed by atoms with E-state index >= 15 is 0 Å². The van der Waals surface area contributed by atoms with Gasteiger partial charge in [0.15, 0.2) is 46.8 Å². The van der Waals surface area contributed by atoms with Gasteiger partial charge in [0.05, 0.1) is 17.9 Å². The summed E-state index contributed by atoms with van der Waals surface area (Å²) in [7, 11) is 6.03. The summed E-state index contributed by atoms with van der Waals surface area (Å²) in [5.41, 5.74) is 4.49. The van der Waals surface area contributed by atoms with E-state index in [0.29, 0.717) is 29.7 Å². The average molecular weight is 581 g/mol. The Labute approximate surface area is 250 Å². The summed E-state index contributed by atoms with van der Waals surface area (Å²) in [6.07, 6.45) is 10.7. The van der Waals surface area contributed by atoms with Crippen LogP contribution in [0.15, 0.2) is 48.6 Å². The van der Waals surface area contributed by atoms with Crippen LogP contribution in [0.1, 0.15) is 35.1 Å². The molecule has 8 atom stereocenters. The van der Waals surface area contributed by atoms with Crippen LogP contribution in [0.2, 0.25) is 0 Å². The van der Waals surface area contributed by atoms with Crippen LogP contribution >= 0.6 is 0 Å². The van der Waals surface area contributed by atoms with Crippen molar-refractivity contribution < 1.29 is 28.9 Å². The van der Waals surface area contributed by atoms with Crippen molar-refractivity contribution in [2.45, 2.75) is 60.8 Å². The van der Waals surface area contributed by atoms with Crippen LogP contribution in [-0.4, -0.2) is 85.1 Å². The number of hydrogen-bond acceptors (Lipinski definition) is 8.